The number of hydrogen-bond acceptors (Lipinski definition) is 7. The number of hydrogen-bond donors (Lipinski definition) is 0. The minimum Gasteiger partial charge on any atom is -0.383 e. The van der Waals surface area contributed by atoms with Gasteiger partial charge in [0.15, 0.2) is 0 Å². The number of aryl methyl sites for hydroxylation is 2. The summed E-state index contributed by atoms with van der Waals surface area (Å²) in [6.45, 7) is 11.1. The molecule has 6 rings (SSSR count). The molecule has 214 valence electrons. The predicted molar refractivity (Wildman–Crippen MR) is 160 cm³/mol. The van der Waals surface area contributed by atoms with Gasteiger partial charge >= 0.3 is 5.69 Å². The largest absolute Gasteiger partial charge is 0.383 e. The molecule has 0 spiro atoms. The van der Waals surface area contributed by atoms with Crippen molar-refractivity contribution >= 4 is 45.3 Å². The molecule has 2 aliphatic heterocycles. The molecule has 2 aromatic heterocycles. The van der Waals surface area contributed by atoms with E-state index in [-0.39, 0.29) is 35.5 Å². The molecule has 1 amide bonds. The Balaban J connectivity index is 1.62. The number of nitrogens with zero attached hydrogens (tertiary/aromatic N) is 6. The van der Waals surface area contributed by atoms with Gasteiger partial charge in [0.2, 0.25) is 5.91 Å². The molecule has 1 saturated heterocycles. The summed E-state index contributed by atoms with van der Waals surface area (Å²) >= 11 is 1.69. The van der Waals surface area contributed by atoms with Crippen LogP contribution in [0.1, 0.15) is 25.5 Å². The van der Waals surface area contributed by atoms with Gasteiger partial charge in [-0.1, -0.05) is 6.58 Å². The quantitative estimate of drug-likeness (QED) is 0.328. The highest BCUT2D eigenvalue weighted by Gasteiger charge is 2.35. The van der Waals surface area contributed by atoms with E-state index >= 15 is 0 Å². The van der Waals surface area contributed by atoms with E-state index in [0.29, 0.717) is 42.2 Å². The number of benzene rings is 2. The topological polar surface area (TPSA) is 85.5 Å². The Kier molecular flexibility index (Phi) is 6.89. The van der Waals surface area contributed by atoms with E-state index in [1.807, 2.05) is 32.7 Å². The maximum Gasteiger partial charge on any atom is 0.350 e. The van der Waals surface area contributed by atoms with Crippen LogP contribution in [0.4, 0.5) is 10.2 Å². The Morgan fingerprint density at radius 3 is 2.73 bits per heavy atom. The first kappa shape index (κ1) is 27.5. The van der Waals surface area contributed by atoms with Crippen molar-refractivity contribution in [3.8, 4) is 11.1 Å². The van der Waals surface area contributed by atoms with E-state index in [1.54, 1.807) is 40.4 Å². The van der Waals surface area contributed by atoms with E-state index in [1.165, 1.54) is 12.1 Å². The fourth-order valence-electron chi connectivity index (χ4n) is 6.39. The third-order valence-corrected chi connectivity index (χ3v) is 9.56. The summed E-state index contributed by atoms with van der Waals surface area (Å²) in [7, 11) is 3.45. The van der Waals surface area contributed by atoms with Gasteiger partial charge < -0.3 is 14.5 Å². The smallest absolute Gasteiger partial charge is 0.350 e. The number of anilines is 1. The Hall–Kier alpha value is -3.70. The fourth-order valence-corrected chi connectivity index (χ4v) is 7.76. The van der Waals surface area contributed by atoms with E-state index < -0.39 is 0 Å². The molecular formula is C30H33FN6O3S. The Labute approximate surface area is 241 Å². The van der Waals surface area contributed by atoms with Gasteiger partial charge in [-0.3, -0.25) is 14.0 Å². The average Bonchev–Trinajstić information content (AvgIpc) is 3.35. The van der Waals surface area contributed by atoms with Crippen LogP contribution in [-0.4, -0.2) is 74.8 Å². The molecule has 1 unspecified atom stereocenters. The molecule has 0 N–H and O–H groups in total. The lowest BCUT2D eigenvalue weighted by atomic mass is 9.95. The van der Waals surface area contributed by atoms with Crippen LogP contribution in [0.25, 0.3) is 32.9 Å². The van der Waals surface area contributed by atoms with E-state index in [0.717, 1.165) is 32.5 Å². The molecule has 3 atom stereocenters. The molecule has 4 aromatic rings. The average molecular weight is 577 g/mol. The number of ether oxygens (including phenoxy) is 1. The Bertz CT molecular complexity index is 1780. The van der Waals surface area contributed by atoms with Crippen molar-refractivity contribution in [3.05, 3.63) is 58.9 Å². The number of fused-ring (bicyclic) bond motifs is 1. The van der Waals surface area contributed by atoms with Crippen molar-refractivity contribution in [2.45, 2.75) is 43.8 Å². The summed E-state index contributed by atoms with van der Waals surface area (Å²) in [5, 5.41) is 5.67. The maximum atomic E-state index is 14.8. The molecule has 2 aliphatic rings. The van der Waals surface area contributed by atoms with E-state index in [4.69, 9.17) is 4.74 Å². The van der Waals surface area contributed by atoms with Gasteiger partial charge in [0.25, 0.3) is 0 Å². The number of carbonyl (C=O) groups excluding carboxylic acids is 1. The number of aromatic nitrogens is 4. The molecule has 0 radical (unpaired) electrons. The summed E-state index contributed by atoms with van der Waals surface area (Å²) in [4.78, 5) is 35.9. The lowest BCUT2D eigenvalue weighted by molar-refractivity contribution is -0.128. The van der Waals surface area contributed by atoms with Crippen LogP contribution in [-0.2, 0) is 16.6 Å². The summed E-state index contributed by atoms with van der Waals surface area (Å²) in [5.74, 6) is 0.829. The molecule has 0 aliphatic carbocycles. The standard InChI is InChI=1S/C30H33FN6O3S/c1-7-24(38)35-12-18(4)36(13-17(35)3)29-21-10-16(2)25(20-8-9-23(31)22-11-32-34(5)26(20)22)28-27(21)37(30(39)33-29)19(14-40-6)15-41-28/h7-11,17-19H,1,12-15H2,2-6H3/t17-,18+,19?/m1/s1. The minimum absolute atomic E-state index is 0.0685. The van der Waals surface area contributed by atoms with Gasteiger partial charge in [0.05, 0.1) is 35.3 Å². The summed E-state index contributed by atoms with van der Waals surface area (Å²) in [6.07, 6.45) is 2.90. The van der Waals surface area contributed by atoms with Gasteiger partial charge in [0.1, 0.15) is 11.6 Å². The molecule has 4 heterocycles. The van der Waals surface area contributed by atoms with E-state index in [9.17, 15) is 14.0 Å². The molecule has 11 heteroatoms. The number of carbonyl (C=O) groups is 1. The van der Waals surface area contributed by atoms with Crippen LogP contribution in [0.5, 0.6) is 0 Å². The molecular weight excluding hydrogens is 543 g/mol. The first-order chi connectivity index (χ1) is 19.7. The number of amides is 1. The third-order valence-electron chi connectivity index (χ3n) is 8.32. The highest BCUT2D eigenvalue weighted by atomic mass is 32.2. The van der Waals surface area contributed by atoms with Crippen molar-refractivity contribution in [2.24, 2.45) is 7.05 Å². The van der Waals surface area contributed by atoms with Crippen LogP contribution < -0.4 is 10.6 Å². The summed E-state index contributed by atoms with van der Waals surface area (Å²) < 4.78 is 23.7. The SMILES string of the molecule is C=CC(=O)N1C[C@H](C)N(c2nc(=O)n3c4c(c(-c5ccc(F)c6cnn(C)c56)c(C)cc24)SCC3COC)C[C@H]1C. The zero-order valence-electron chi connectivity index (χ0n) is 23.8. The number of thioether (sulfide) groups is 1. The normalized spacial score (nSPS) is 20.7. The van der Waals surface area contributed by atoms with Gasteiger partial charge in [-0.2, -0.15) is 10.1 Å². The van der Waals surface area contributed by atoms with Gasteiger partial charge in [-0.25, -0.2) is 9.18 Å². The van der Waals surface area contributed by atoms with Crippen LogP contribution in [0.15, 0.2) is 46.7 Å². The van der Waals surface area contributed by atoms with Gasteiger partial charge in [-0.15, -0.1) is 11.8 Å². The van der Waals surface area contributed by atoms with Crippen molar-refractivity contribution in [2.75, 3.05) is 37.5 Å². The van der Waals surface area contributed by atoms with Crippen LogP contribution in [0, 0.1) is 12.7 Å². The number of rotatable bonds is 5. The van der Waals surface area contributed by atoms with Crippen LogP contribution in [0.3, 0.4) is 0 Å². The summed E-state index contributed by atoms with van der Waals surface area (Å²) in [6, 6.07) is 5.03. The third kappa shape index (κ3) is 4.25. The van der Waals surface area contributed by atoms with Crippen LogP contribution >= 0.6 is 11.8 Å². The van der Waals surface area contributed by atoms with Crippen molar-refractivity contribution in [1.82, 2.24) is 24.2 Å². The lowest BCUT2D eigenvalue weighted by Gasteiger charge is -2.45. The first-order valence-electron chi connectivity index (χ1n) is 13.7. The number of halogens is 1. The number of methoxy groups -OCH3 is 1. The highest BCUT2D eigenvalue weighted by Crippen LogP contribution is 2.47. The fraction of sp³-hybridized carbons (Fsp3) is 0.400. The Morgan fingerprint density at radius 1 is 1.22 bits per heavy atom. The first-order valence-corrected chi connectivity index (χ1v) is 14.7. The molecule has 41 heavy (non-hydrogen) atoms. The molecule has 2 aromatic carbocycles. The van der Waals surface area contributed by atoms with Gasteiger partial charge in [-0.05, 0) is 50.6 Å². The zero-order chi connectivity index (χ0) is 29.2. The second-order valence-electron chi connectivity index (χ2n) is 11.0. The van der Waals surface area contributed by atoms with Crippen molar-refractivity contribution in [1.29, 1.82) is 0 Å². The van der Waals surface area contributed by atoms with Crippen LogP contribution in [0.2, 0.25) is 0 Å². The minimum atomic E-state index is -0.333. The Morgan fingerprint density at radius 2 is 2.00 bits per heavy atom. The second-order valence-corrected chi connectivity index (χ2v) is 12.0. The highest BCUT2D eigenvalue weighted by molar-refractivity contribution is 7.99. The summed E-state index contributed by atoms with van der Waals surface area (Å²) in [5.41, 5.74) is 4.00. The van der Waals surface area contributed by atoms with Gasteiger partial charge in [0, 0.05) is 66.5 Å². The number of piperazine rings is 1. The molecule has 0 saturated carbocycles. The van der Waals surface area contributed by atoms with E-state index in [2.05, 4.69) is 27.6 Å². The predicted octanol–water partition coefficient (Wildman–Crippen LogP) is 4.30. The lowest BCUT2D eigenvalue weighted by Crippen LogP contribution is -2.58. The molecule has 9 nitrogen and oxygen atoms in total. The zero-order valence-corrected chi connectivity index (χ0v) is 24.7. The van der Waals surface area contributed by atoms with Crippen molar-refractivity contribution in [3.63, 3.8) is 0 Å². The van der Waals surface area contributed by atoms with Crippen molar-refractivity contribution < 1.29 is 13.9 Å². The maximum absolute atomic E-state index is 14.8. The second kappa shape index (κ2) is 10.3. The molecule has 0 bridgehead atoms. The monoisotopic (exact) mass is 576 g/mol. The molecule has 1 fully saturated rings.